The summed E-state index contributed by atoms with van der Waals surface area (Å²) in [5.74, 6) is 8.10. The van der Waals surface area contributed by atoms with Gasteiger partial charge >= 0.3 is 0 Å². The fraction of sp³-hybridized carbons (Fsp3) is 0.387. The Hall–Kier alpha value is -3.22. The Balaban J connectivity index is 1.90. The van der Waals surface area contributed by atoms with Gasteiger partial charge in [-0.3, -0.25) is 12.6 Å². The van der Waals surface area contributed by atoms with Crippen LogP contribution in [0.15, 0.2) is 36.4 Å². The predicted molar refractivity (Wildman–Crippen MR) is 172 cm³/mol. The molecule has 0 radical (unpaired) electrons. The van der Waals surface area contributed by atoms with E-state index in [9.17, 15) is 12.6 Å². The molecule has 6 bridgehead atoms. The van der Waals surface area contributed by atoms with Gasteiger partial charge in [-0.05, 0) is 51.8 Å². The van der Waals surface area contributed by atoms with Crippen LogP contribution in [0, 0.1) is 0 Å². The van der Waals surface area contributed by atoms with E-state index in [0.29, 0.717) is 67.9 Å². The van der Waals surface area contributed by atoms with Crippen LogP contribution in [0.1, 0.15) is 33.4 Å². The highest BCUT2D eigenvalue weighted by molar-refractivity contribution is 7.98. The monoisotopic (exact) mass is 650 g/mol. The van der Waals surface area contributed by atoms with Crippen LogP contribution in [0.5, 0.6) is 34.5 Å². The first kappa shape index (κ1) is 32.7. The van der Waals surface area contributed by atoms with Crippen molar-refractivity contribution in [3.63, 3.8) is 0 Å². The number of rotatable bonds is 6. The summed E-state index contributed by atoms with van der Waals surface area (Å²) in [7, 11) is 3.75. The van der Waals surface area contributed by atoms with E-state index in [-0.39, 0.29) is 34.5 Å². The maximum atomic E-state index is 13.9. The summed E-state index contributed by atoms with van der Waals surface area (Å²) < 4.78 is 74.8. The van der Waals surface area contributed by atoms with E-state index < -0.39 is 31.1 Å². The zero-order valence-corrected chi connectivity index (χ0v) is 27.8. The lowest BCUT2D eigenvalue weighted by atomic mass is 10.1. The van der Waals surface area contributed by atoms with Crippen molar-refractivity contribution in [1.82, 2.24) is 0 Å². The minimum absolute atomic E-state index is 0.107. The molecule has 7 rings (SSSR count). The molecule has 0 aliphatic carbocycles. The van der Waals surface area contributed by atoms with Gasteiger partial charge in [-0.15, -0.1) is 0 Å². The molecule has 43 heavy (non-hydrogen) atoms. The second-order valence-electron chi connectivity index (χ2n) is 10.1. The molecular weight excluding hydrogens is 613 g/mol. The van der Waals surface area contributed by atoms with E-state index in [0.717, 1.165) is 0 Å². The van der Waals surface area contributed by atoms with Crippen molar-refractivity contribution in [3.8, 4) is 34.5 Å². The molecule has 0 fully saturated rings. The summed E-state index contributed by atoms with van der Waals surface area (Å²) in [6.45, 7) is 0. The molecule has 0 saturated carbocycles. The number of fused-ring (bicyclic) bond motifs is 3. The third kappa shape index (κ3) is 7.66. The standard InChI is InChI=1S/C31H38O9S3/c1-35-26-8-21-15-42(33)17-23-11-31(40-6)25(13-29(23)38-4)19-43(7,34)18-24-12-28(37-3)22(10-30(24)39-5)16-41(32)14-20(26)9-27(21)36-2/h8-13H,7,14-19H2,1-6H3. The largest absolute Gasteiger partial charge is 0.496 e. The van der Waals surface area contributed by atoms with Crippen LogP contribution in [0.25, 0.3) is 0 Å². The highest BCUT2D eigenvalue weighted by Crippen LogP contribution is 2.37. The average Bonchev–Trinajstić information content (AvgIpc) is 2.97. The van der Waals surface area contributed by atoms with Crippen LogP contribution in [0.2, 0.25) is 0 Å². The Morgan fingerprint density at radius 3 is 0.930 bits per heavy atom. The zero-order valence-electron chi connectivity index (χ0n) is 25.3. The Morgan fingerprint density at radius 2 is 0.698 bits per heavy atom. The fourth-order valence-corrected chi connectivity index (χ4v) is 9.34. The molecule has 0 N–H and O–H groups in total. The van der Waals surface area contributed by atoms with Crippen molar-refractivity contribution in [2.45, 2.75) is 34.5 Å². The number of methoxy groups -OCH3 is 6. The van der Waals surface area contributed by atoms with Gasteiger partial charge in [0, 0.05) is 66.5 Å². The molecule has 4 aliphatic heterocycles. The summed E-state index contributed by atoms with van der Waals surface area (Å²) in [5, 5.41) is 0. The second kappa shape index (κ2) is 14.0. The molecule has 2 unspecified atom stereocenters. The minimum Gasteiger partial charge on any atom is -0.496 e. The van der Waals surface area contributed by atoms with Crippen LogP contribution in [0.3, 0.4) is 0 Å². The highest BCUT2D eigenvalue weighted by atomic mass is 32.2. The van der Waals surface area contributed by atoms with Gasteiger partial charge in [0.15, 0.2) is 0 Å². The molecule has 12 heteroatoms. The number of benzene rings is 3. The lowest BCUT2D eigenvalue weighted by Crippen LogP contribution is -2.11. The van der Waals surface area contributed by atoms with Crippen LogP contribution in [-0.2, 0) is 65.6 Å². The lowest BCUT2D eigenvalue weighted by Gasteiger charge is -2.19. The van der Waals surface area contributed by atoms with E-state index in [1.807, 2.05) is 0 Å². The van der Waals surface area contributed by atoms with Crippen molar-refractivity contribution >= 4 is 37.0 Å². The van der Waals surface area contributed by atoms with Crippen LogP contribution in [0.4, 0.5) is 0 Å². The van der Waals surface area contributed by atoms with Gasteiger partial charge in [0.1, 0.15) is 34.5 Å². The van der Waals surface area contributed by atoms with E-state index in [1.165, 1.54) is 28.4 Å². The summed E-state index contributed by atoms with van der Waals surface area (Å²) in [4.78, 5) is 0. The van der Waals surface area contributed by atoms with Crippen LogP contribution < -0.4 is 28.4 Å². The van der Waals surface area contributed by atoms with E-state index in [1.54, 1.807) is 50.6 Å². The number of hydrogen-bond acceptors (Lipinski definition) is 9. The summed E-state index contributed by atoms with van der Waals surface area (Å²) in [6, 6.07) is 10.7. The van der Waals surface area contributed by atoms with Crippen LogP contribution in [-0.4, -0.2) is 61.2 Å². The molecule has 4 aliphatic rings. The lowest BCUT2D eigenvalue weighted by molar-refractivity contribution is 0.397. The predicted octanol–water partition coefficient (Wildman–Crippen LogP) is 4.37. The molecular formula is C31H38O9S3. The summed E-state index contributed by atoms with van der Waals surface area (Å²) >= 11 is 0. The maximum absolute atomic E-state index is 13.9. The molecule has 0 saturated heterocycles. The molecule has 0 spiro atoms. The smallest absolute Gasteiger partial charge is 0.123 e. The van der Waals surface area contributed by atoms with Crippen molar-refractivity contribution in [3.05, 3.63) is 69.8 Å². The van der Waals surface area contributed by atoms with Gasteiger partial charge in [0.2, 0.25) is 0 Å². The van der Waals surface area contributed by atoms with Crippen LogP contribution >= 0.6 is 0 Å². The van der Waals surface area contributed by atoms with Crippen molar-refractivity contribution in [2.24, 2.45) is 0 Å². The molecule has 234 valence electrons. The van der Waals surface area contributed by atoms with Gasteiger partial charge in [-0.1, -0.05) is 0 Å². The van der Waals surface area contributed by atoms with E-state index >= 15 is 0 Å². The molecule has 0 aromatic heterocycles. The SMILES string of the molecule is C=S1(=O)Cc2cc(OC)c(cc2OC)CS(=O)Cc2cc(OC)c(cc2OC)CS(=O)Cc2cc(OC)c(cc2OC)C1. The first-order valence-electron chi connectivity index (χ1n) is 13.3. The Labute approximate surface area is 258 Å². The van der Waals surface area contributed by atoms with E-state index in [2.05, 4.69) is 5.87 Å². The van der Waals surface area contributed by atoms with Crippen molar-refractivity contribution in [2.75, 3.05) is 42.7 Å². The minimum atomic E-state index is -2.75. The molecule has 0 amide bonds. The van der Waals surface area contributed by atoms with Crippen molar-refractivity contribution in [1.29, 1.82) is 0 Å². The molecule has 9 nitrogen and oxygen atoms in total. The third-order valence-electron chi connectivity index (χ3n) is 7.15. The fourth-order valence-electron chi connectivity index (χ4n) is 5.16. The summed E-state index contributed by atoms with van der Waals surface area (Å²) in [5.41, 5.74) is 4.06. The third-order valence-corrected chi connectivity index (χ3v) is 11.4. The van der Waals surface area contributed by atoms with Gasteiger partial charge in [0.05, 0.1) is 65.7 Å². The molecule has 3 aromatic carbocycles. The number of hydrogen-bond donors (Lipinski definition) is 0. The quantitative estimate of drug-likeness (QED) is 0.360. The highest BCUT2D eigenvalue weighted by Gasteiger charge is 2.22. The normalized spacial score (nSPS) is 20.7. The van der Waals surface area contributed by atoms with Gasteiger partial charge < -0.3 is 28.4 Å². The zero-order chi connectivity index (χ0) is 31.3. The number of ether oxygens (including phenoxy) is 6. The first-order valence-corrected chi connectivity index (χ1v) is 18.3. The van der Waals surface area contributed by atoms with Gasteiger partial charge in [0.25, 0.3) is 0 Å². The molecule has 2 atom stereocenters. The topological polar surface area (TPSA) is 107 Å². The molecule has 4 heterocycles. The molecule has 3 aromatic rings. The van der Waals surface area contributed by atoms with Gasteiger partial charge in [-0.2, -0.15) is 0 Å². The Morgan fingerprint density at radius 1 is 0.488 bits per heavy atom. The second-order valence-corrected chi connectivity index (χ2v) is 15.6. The van der Waals surface area contributed by atoms with Crippen molar-refractivity contribution < 1.29 is 41.0 Å². The van der Waals surface area contributed by atoms with E-state index in [4.69, 9.17) is 28.4 Å². The Kier molecular flexibility index (Phi) is 10.7. The average molecular weight is 651 g/mol. The summed E-state index contributed by atoms with van der Waals surface area (Å²) in [6.07, 6.45) is 0. The van der Waals surface area contributed by atoms with Gasteiger partial charge in [-0.25, -0.2) is 0 Å². The maximum Gasteiger partial charge on any atom is 0.123 e. The Bertz CT molecular complexity index is 1530. The first-order chi connectivity index (χ1) is 20.5.